The van der Waals surface area contributed by atoms with Crippen molar-refractivity contribution in [1.29, 1.82) is 0 Å². The molecule has 1 aliphatic carbocycles. The number of ether oxygens (including phenoxy) is 1. The maximum atomic E-state index is 10.7. The summed E-state index contributed by atoms with van der Waals surface area (Å²) in [4.78, 5) is 10.7. The van der Waals surface area contributed by atoms with E-state index in [0.29, 0.717) is 13.0 Å². The minimum absolute atomic E-state index is 0.134. The molecule has 0 aromatic rings. The fraction of sp³-hybridized carbons (Fsp3) is 0.857. The molecule has 0 aliphatic heterocycles. The number of nitrogens with one attached hydrogen (secondary N) is 1. The van der Waals surface area contributed by atoms with Gasteiger partial charge in [0.2, 0.25) is 0 Å². The van der Waals surface area contributed by atoms with Gasteiger partial charge in [-0.1, -0.05) is 0 Å². The van der Waals surface area contributed by atoms with Gasteiger partial charge in [-0.05, 0) is 13.5 Å². The summed E-state index contributed by atoms with van der Waals surface area (Å²) >= 11 is 0. The highest BCUT2D eigenvalue weighted by Gasteiger charge is 2.59. The third kappa shape index (κ3) is 1.23. The molecule has 2 atom stereocenters. The quantitative estimate of drug-likeness (QED) is 0.591. The normalized spacial score (nSPS) is 35.3. The summed E-state index contributed by atoms with van der Waals surface area (Å²) < 4.78 is 4.87. The van der Waals surface area contributed by atoms with Crippen LogP contribution in [0.1, 0.15) is 6.42 Å². The lowest BCUT2D eigenvalue weighted by Crippen LogP contribution is -2.39. The molecule has 11 heavy (non-hydrogen) atoms. The highest BCUT2D eigenvalue weighted by molar-refractivity contribution is 5.83. The van der Waals surface area contributed by atoms with Crippen molar-refractivity contribution in [3.63, 3.8) is 0 Å². The zero-order valence-corrected chi connectivity index (χ0v) is 6.76. The molecule has 64 valence electrons. The smallest absolute Gasteiger partial charge is 0.324 e. The zero-order valence-electron chi connectivity index (χ0n) is 6.76. The van der Waals surface area contributed by atoms with Crippen LogP contribution in [0.15, 0.2) is 0 Å². The van der Waals surface area contributed by atoms with Gasteiger partial charge in [0.25, 0.3) is 0 Å². The third-order valence-corrected chi connectivity index (χ3v) is 2.30. The monoisotopic (exact) mass is 159 g/mol. The van der Waals surface area contributed by atoms with E-state index in [4.69, 9.17) is 9.84 Å². The Kier molecular flexibility index (Phi) is 2.15. The largest absolute Gasteiger partial charge is 0.480 e. The second-order valence-electron chi connectivity index (χ2n) is 2.88. The van der Waals surface area contributed by atoms with Crippen molar-refractivity contribution < 1.29 is 14.6 Å². The van der Waals surface area contributed by atoms with Gasteiger partial charge in [-0.15, -0.1) is 0 Å². The number of carboxylic acid groups (broad SMARTS) is 1. The van der Waals surface area contributed by atoms with Crippen LogP contribution in [0.25, 0.3) is 0 Å². The minimum atomic E-state index is -0.776. The molecule has 0 unspecified atom stereocenters. The Morgan fingerprint density at radius 3 is 2.82 bits per heavy atom. The second-order valence-corrected chi connectivity index (χ2v) is 2.88. The van der Waals surface area contributed by atoms with Crippen molar-refractivity contribution in [2.45, 2.75) is 12.0 Å². The first kappa shape index (κ1) is 8.49. The van der Waals surface area contributed by atoms with Gasteiger partial charge in [0.15, 0.2) is 0 Å². The van der Waals surface area contributed by atoms with Crippen LogP contribution in [0.3, 0.4) is 0 Å². The van der Waals surface area contributed by atoms with Crippen LogP contribution >= 0.6 is 0 Å². The fourth-order valence-electron chi connectivity index (χ4n) is 1.41. The Morgan fingerprint density at radius 2 is 2.55 bits per heavy atom. The van der Waals surface area contributed by atoms with E-state index in [1.54, 1.807) is 14.2 Å². The number of likely N-dealkylation sites (N-methyl/N-ethyl adjacent to an activating group) is 1. The van der Waals surface area contributed by atoms with E-state index in [9.17, 15) is 4.79 Å². The summed E-state index contributed by atoms with van der Waals surface area (Å²) in [6.07, 6.45) is 0.673. The van der Waals surface area contributed by atoms with Crippen LogP contribution < -0.4 is 5.32 Å². The number of aliphatic carboxylic acids is 1. The van der Waals surface area contributed by atoms with Gasteiger partial charge in [-0.2, -0.15) is 0 Å². The molecule has 1 aliphatic rings. The molecule has 0 amide bonds. The van der Waals surface area contributed by atoms with Crippen LogP contribution in [0.4, 0.5) is 0 Å². The number of methoxy groups -OCH3 is 1. The van der Waals surface area contributed by atoms with Crippen molar-refractivity contribution in [1.82, 2.24) is 5.32 Å². The molecule has 4 nitrogen and oxygen atoms in total. The van der Waals surface area contributed by atoms with E-state index in [0.717, 1.165) is 0 Å². The van der Waals surface area contributed by atoms with Crippen LogP contribution in [-0.2, 0) is 9.53 Å². The van der Waals surface area contributed by atoms with Crippen molar-refractivity contribution in [2.75, 3.05) is 20.8 Å². The van der Waals surface area contributed by atoms with Crippen molar-refractivity contribution >= 4 is 5.97 Å². The molecule has 1 fully saturated rings. The molecule has 0 aromatic carbocycles. The van der Waals surface area contributed by atoms with Gasteiger partial charge in [0.1, 0.15) is 5.54 Å². The van der Waals surface area contributed by atoms with E-state index >= 15 is 0 Å². The summed E-state index contributed by atoms with van der Waals surface area (Å²) in [5.41, 5.74) is -0.698. The average molecular weight is 159 g/mol. The lowest BCUT2D eigenvalue weighted by atomic mass is 10.2. The number of carboxylic acids is 1. The van der Waals surface area contributed by atoms with Crippen LogP contribution in [-0.4, -0.2) is 37.4 Å². The topological polar surface area (TPSA) is 58.6 Å². The Balaban J connectivity index is 2.49. The highest BCUT2D eigenvalue weighted by Crippen LogP contribution is 2.43. The molecule has 0 spiro atoms. The number of hydrogen-bond donors (Lipinski definition) is 2. The highest BCUT2D eigenvalue weighted by atomic mass is 16.5. The van der Waals surface area contributed by atoms with E-state index in [1.165, 1.54) is 0 Å². The van der Waals surface area contributed by atoms with E-state index in [-0.39, 0.29) is 5.92 Å². The summed E-state index contributed by atoms with van der Waals surface area (Å²) in [5, 5.41) is 11.6. The van der Waals surface area contributed by atoms with Crippen LogP contribution in [0, 0.1) is 5.92 Å². The Labute approximate surface area is 65.5 Å². The first-order valence-electron chi connectivity index (χ1n) is 3.58. The van der Waals surface area contributed by atoms with E-state index in [1.807, 2.05) is 0 Å². The van der Waals surface area contributed by atoms with E-state index in [2.05, 4.69) is 5.32 Å². The lowest BCUT2D eigenvalue weighted by molar-refractivity contribution is -0.141. The maximum Gasteiger partial charge on any atom is 0.324 e. The lowest BCUT2D eigenvalue weighted by Gasteiger charge is -2.09. The molecule has 0 radical (unpaired) electrons. The van der Waals surface area contributed by atoms with Crippen molar-refractivity contribution in [3.05, 3.63) is 0 Å². The minimum Gasteiger partial charge on any atom is -0.480 e. The van der Waals surface area contributed by atoms with Gasteiger partial charge < -0.3 is 15.2 Å². The summed E-state index contributed by atoms with van der Waals surface area (Å²) in [7, 11) is 3.25. The first-order valence-corrected chi connectivity index (χ1v) is 3.58. The average Bonchev–Trinajstić information content (AvgIpc) is 2.65. The first-order chi connectivity index (χ1) is 5.17. The summed E-state index contributed by atoms with van der Waals surface area (Å²) in [5.74, 6) is -0.642. The van der Waals surface area contributed by atoms with Gasteiger partial charge in [-0.25, -0.2) is 0 Å². The van der Waals surface area contributed by atoms with Crippen molar-refractivity contribution in [2.24, 2.45) is 5.92 Å². The molecule has 0 saturated heterocycles. The third-order valence-electron chi connectivity index (χ3n) is 2.30. The Bertz CT molecular complexity index is 171. The number of hydrogen-bond acceptors (Lipinski definition) is 3. The molecule has 0 heterocycles. The van der Waals surface area contributed by atoms with E-state index < -0.39 is 11.5 Å². The summed E-state index contributed by atoms with van der Waals surface area (Å²) in [6.45, 7) is 0.521. The standard InChI is InChI=1S/C7H13NO3/c1-8-7(6(9)10)3-5(7)4-11-2/h5,8H,3-4H2,1-2H3,(H,9,10)/t5-,7-/m1/s1. The summed E-state index contributed by atoms with van der Waals surface area (Å²) in [6, 6.07) is 0. The molecular weight excluding hydrogens is 146 g/mol. The molecule has 0 bridgehead atoms. The van der Waals surface area contributed by atoms with Gasteiger partial charge >= 0.3 is 5.97 Å². The maximum absolute atomic E-state index is 10.7. The molecule has 4 heteroatoms. The molecule has 0 aromatic heterocycles. The number of carbonyl (C=O) groups is 1. The zero-order chi connectivity index (χ0) is 8.48. The van der Waals surface area contributed by atoms with Crippen LogP contribution in [0.5, 0.6) is 0 Å². The predicted molar refractivity (Wildman–Crippen MR) is 39.4 cm³/mol. The molecular formula is C7H13NO3. The van der Waals surface area contributed by atoms with Gasteiger partial charge in [0, 0.05) is 13.0 Å². The van der Waals surface area contributed by atoms with Gasteiger partial charge in [-0.3, -0.25) is 4.79 Å². The number of rotatable bonds is 4. The fourth-order valence-corrected chi connectivity index (χ4v) is 1.41. The predicted octanol–water partition coefficient (Wildman–Crippen LogP) is -0.305. The Hall–Kier alpha value is -0.610. The van der Waals surface area contributed by atoms with Crippen LogP contribution in [0.2, 0.25) is 0 Å². The molecule has 1 rings (SSSR count). The van der Waals surface area contributed by atoms with Crippen molar-refractivity contribution in [3.8, 4) is 0 Å². The second kappa shape index (κ2) is 2.79. The Morgan fingerprint density at radius 1 is 1.91 bits per heavy atom. The molecule has 2 N–H and O–H groups in total. The molecule has 1 saturated carbocycles. The SMILES string of the molecule is CN[C@]1(C(=O)O)C[C@@H]1COC. The van der Waals surface area contributed by atoms with Gasteiger partial charge in [0.05, 0.1) is 6.61 Å².